The Morgan fingerprint density at radius 1 is 1.53 bits per heavy atom. The van der Waals surface area contributed by atoms with Gasteiger partial charge in [-0.2, -0.15) is 0 Å². The van der Waals surface area contributed by atoms with Crippen LogP contribution in [0, 0.1) is 5.82 Å². The lowest BCUT2D eigenvalue weighted by molar-refractivity contribution is 0.0597. The van der Waals surface area contributed by atoms with Crippen LogP contribution in [0.5, 0.6) is 5.75 Å². The molecule has 0 N–H and O–H groups in total. The first-order valence-electron chi connectivity index (χ1n) is 6.38. The summed E-state index contributed by atoms with van der Waals surface area (Å²) >= 11 is 5.76. The summed E-state index contributed by atoms with van der Waals surface area (Å²) in [4.78, 5) is 14.2. The fourth-order valence-corrected chi connectivity index (χ4v) is 2.38. The molecule has 1 saturated carbocycles. The highest BCUT2D eigenvalue weighted by atomic mass is 35.5. The van der Waals surface area contributed by atoms with Gasteiger partial charge in [-0.15, -0.1) is 11.6 Å². The van der Waals surface area contributed by atoms with E-state index in [1.54, 1.807) is 4.90 Å². The largest absolute Gasteiger partial charge is 0.494 e. The smallest absolute Gasteiger partial charge is 0.254 e. The first-order chi connectivity index (χ1) is 9.17. The Bertz CT molecular complexity index is 463. The third-order valence-corrected chi connectivity index (χ3v) is 3.67. The predicted octanol–water partition coefficient (Wildman–Crippen LogP) is 3.07. The number of nitrogens with zero attached hydrogens (tertiary/aromatic N) is 1. The van der Waals surface area contributed by atoms with E-state index in [-0.39, 0.29) is 17.7 Å². The molecule has 0 bridgehead atoms. The minimum atomic E-state index is -0.466. The van der Waals surface area contributed by atoms with E-state index in [4.69, 9.17) is 16.3 Å². The molecule has 0 atom stereocenters. The molecule has 0 aliphatic heterocycles. The van der Waals surface area contributed by atoms with Crippen molar-refractivity contribution in [1.82, 2.24) is 4.90 Å². The van der Waals surface area contributed by atoms with Crippen LogP contribution in [0.2, 0.25) is 0 Å². The number of ether oxygens (including phenoxy) is 1. The lowest BCUT2D eigenvalue weighted by Crippen LogP contribution is -2.45. The molecule has 1 amide bonds. The van der Waals surface area contributed by atoms with E-state index in [1.807, 2.05) is 0 Å². The number of carbonyl (C=O) groups excluding carboxylic acids is 1. The first kappa shape index (κ1) is 14.1. The van der Waals surface area contributed by atoms with Crippen molar-refractivity contribution in [2.24, 2.45) is 0 Å². The minimum absolute atomic E-state index is 0.0882. The molecule has 0 unspecified atom stereocenters. The average molecular weight is 286 g/mol. The molecule has 0 aromatic heterocycles. The van der Waals surface area contributed by atoms with Gasteiger partial charge >= 0.3 is 0 Å². The van der Waals surface area contributed by atoms with Gasteiger partial charge in [-0.1, -0.05) is 0 Å². The average Bonchev–Trinajstić information content (AvgIpc) is 2.36. The van der Waals surface area contributed by atoms with Crippen molar-refractivity contribution >= 4 is 17.5 Å². The van der Waals surface area contributed by atoms with Crippen LogP contribution in [0.4, 0.5) is 4.39 Å². The summed E-state index contributed by atoms with van der Waals surface area (Å²) in [6.07, 6.45) is 3.17. The van der Waals surface area contributed by atoms with Gasteiger partial charge in [0, 0.05) is 24.0 Å². The van der Waals surface area contributed by atoms with Gasteiger partial charge in [0.2, 0.25) is 0 Å². The van der Waals surface area contributed by atoms with E-state index in [0.717, 1.165) is 19.3 Å². The van der Waals surface area contributed by atoms with Gasteiger partial charge in [-0.05, 0) is 37.5 Å². The summed E-state index contributed by atoms with van der Waals surface area (Å²) in [6, 6.07) is 4.45. The Morgan fingerprint density at radius 2 is 2.26 bits per heavy atom. The Balaban J connectivity index is 2.20. The minimum Gasteiger partial charge on any atom is -0.494 e. The molecule has 0 heterocycles. The fraction of sp³-hybridized carbons (Fsp3) is 0.500. The van der Waals surface area contributed by atoms with Gasteiger partial charge in [-0.25, -0.2) is 4.39 Å². The number of carbonyl (C=O) groups is 1. The second kappa shape index (κ2) is 6.24. The van der Waals surface area contributed by atoms with Gasteiger partial charge in [0.05, 0.1) is 7.11 Å². The van der Waals surface area contributed by atoms with E-state index < -0.39 is 5.82 Å². The molecule has 1 aliphatic rings. The Hall–Kier alpha value is -1.29. The summed E-state index contributed by atoms with van der Waals surface area (Å²) in [7, 11) is 1.38. The molecule has 0 saturated heterocycles. The second-order valence-corrected chi connectivity index (χ2v) is 5.00. The van der Waals surface area contributed by atoms with Gasteiger partial charge in [-0.3, -0.25) is 4.79 Å². The zero-order chi connectivity index (χ0) is 13.8. The van der Waals surface area contributed by atoms with Gasteiger partial charge in [0.15, 0.2) is 11.6 Å². The third kappa shape index (κ3) is 3.00. The van der Waals surface area contributed by atoms with Crippen LogP contribution < -0.4 is 4.74 Å². The number of alkyl halides is 1. The summed E-state index contributed by atoms with van der Waals surface area (Å²) < 4.78 is 18.3. The molecule has 0 radical (unpaired) electrons. The maximum absolute atomic E-state index is 13.3. The van der Waals surface area contributed by atoms with Crippen LogP contribution in [0.25, 0.3) is 0 Å². The molecule has 1 aliphatic carbocycles. The van der Waals surface area contributed by atoms with Gasteiger partial charge in [0.25, 0.3) is 5.91 Å². The predicted molar refractivity (Wildman–Crippen MR) is 72.3 cm³/mol. The lowest BCUT2D eigenvalue weighted by Gasteiger charge is -2.37. The Morgan fingerprint density at radius 3 is 2.79 bits per heavy atom. The molecule has 1 fully saturated rings. The molecule has 5 heteroatoms. The first-order valence-corrected chi connectivity index (χ1v) is 6.91. The van der Waals surface area contributed by atoms with Crippen molar-refractivity contribution in [3.05, 3.63) is 29.6 Å². The number of rotatable bonds is 5. The van der Waals surface area contributed by atoms with Gasteiger partial charge in [0.1, 0.15) is 0 Å². The second-order valence-electron chi connectivity index (χ2n) is 4.62. The quantitative estimate of drug-likeness (QED) is 0.778. The summed E-state index contributed by atoms with van der Waals surface area (Å²) in [6.45, 7) is 0.519. The SMILES string of the molecule is COc1cc(C(=O)N(CCCl)C2CCC2)ccc1F. The maximum atomic E-state index is 13.3. The van der Waals surface area contributed by atoms with Crippen LogP contribution in [0.3, 0.4) is 0 Å². The van der Waals surface area contributed by atoms with Crippen LogP contribution in [0.15, 0.2) is 18.2 Å². The third-order valence-electron chi connectivity index (χ3n) is 3.50. The number of amides is 1. The van der Waals surface area contributed by atoms with E-state index >= 15 is 0 Å². The number of hydrogen-bond acceptors (Lipinski definition) is 2. The molecule has 0 spiro atoms. The van der Waals surface area contributed by atoms with Gasteiger partial charge < -0.3 is 9.64 Å². The summed E-state index contributed by atoms with van der Waals surface area (Å²) in [5, 5.41) is 0. The fourth-order valence-electron chi connectivity index (χ4n) is 2.20. The Labute approximate surface area is 117 Å². The molecule has 104 valence electrons. The van der Waals surface area contributed by atoms with Crippen LogP contribution in [0.1, 0.15) is 29.6 Å². The number of benzene rings is 1. The van der Waals surface area contributed by atoms with Crippen LogP contribution >= 0.6 is 11.6 Å². The molecule has 2 rings (SSSR count). The van der Waals surface area contributed by atoms with E-state index in [2.05, 4.69) is 0 Å². The zero-order valence-electron chi connectivity index (χ0n) is 10.9. The van der Waals surface area contributed by atoms with Crippen molar-refractivity contribution in [3.63, 3.8) is 0 Å². The van der Waals surface area contributed by atoms with E-state index in [1.165, 1.54) is 25.3 Å². The summed E-state index contributed by atoms with van der Waals surface area (Å²) in [5.41, 5.74) is 0.440. The van der Waals surface area contributed by atoms with Crippen molar-refractivity contribution < 1.29 is 13.9 Å². The lowest BCUT2D eigenvalue weighted by atomic mass is 9.91. The molecule has 19 heavy (non-hydrogen) atoms. The van der Waals surface area contributed by atoms with Crippen LogP contribution in [-0.4, -0.2) is 36.4 Å². The molecule has 1 aromatic carbocycles. The highest BCUT2D eigenvalue weighted by Crippen LogP contribution is 2.27. The standard InChI is InChI=1S/C14H17ClFNO2/c1-19-13-9-10(5-6-12(13)16)14(18)17(8-7-15)11-3-2-4-11/h5-6,9,11H,2-4,7-8H2,1H3. The molecular formula is C14H17ClFNO2. The Kier molecular flexibility index (Phi) is 4.64. The van der Waals surface area contributed by atoms with Crippen LogP contribution in [-0.2, 0) is 0 Å². The normalized spacial score (nSPS) is 14.9. The van der Waals surface area contributed by atoms with E-state index in [9.17, 15) is 9.18 Å². The molecular weight excluding hydrogens is 269 g/mol. The number of halogens is 2. The van der Waals surface area contributed by atoms with Crippen molar-refractivity contribution in [2.45, 2.75) is 25.3 Å². The topological polar surface area (TPSA) is 29.5 Å². The van der Waals surface area contributed by atoms with E-state index in [0.29, 0.717) is 18.0 Å². The molecule has 3 nitrogen and oxygen atoms in total. The maximum Gasteiger partial charge on any atom is 0.254 e. The number of methoxy groups -OCH3 is 1. The highest BCUT2D eigenvalue weighted by molar-refractivity contribution is 6.18. The number of hydrogen-bond donors (Lipinski definition) is 0. The monoisotopic (exact) mass is 285 g/mol. The highest BCUT2D eigenvalue weighted by Gasteiger charge is 2.29. The van der Waals surface area contributed by atoms with Crippen molar-refractivity contribution in [2.75, 3.05) is 19.5 Å². The van der Waals surface area contributed by atoms with Crippen molar-refractivity contribution in [3.8, 4) is 5.75 Å². The zero-order valence-corrected chi connectivity index (χ0v) is 11.6. The molecule has 1 aromatic rings. The van der Waals surface area contributed by atoms with Crippen molar-refractivity contribution in [1.29, 1.82) is 0 Å². The summed E-state index contributed by atoms with van der Waals surface area (Å²) in [5.74, 6) is -0.0823.